The molecule has 0 unspecified atom stereocenters. The van der Waals surface area contributed by atoms with Crippen molar-refractivity contribution in [2.24, 2.45) is 0 Å². The Bertz CT molecular complexity index is 927. The van der Waals surface area contributed by atoms with Crippen molar-refractivity contribution in [3.05, 3.63) is 41.3 Å². The fraction of sp³-hybridized carbons (Fsp3) is 0.267. The molecular weight excluding hydrogens is 336 g/mol. The summed E-state index contributed by atoms with van der Waals surface area (Å²) >= 11 is 0. The van der Waals surface area contributed by atoms with Gasteiger partial charge in [-0.3, -0.25) is 4.79 Å². The molecule has 0 radical (unpaired) electrons. The summed E-state index contributed by atoms with van der Waals surface area (Å²) in [6.45, 7) is 0. The average Bonchev–Trinajstić information content (AvgIpc) is 3.23. The first-order valence-electron chi connectivity index (χ1n) is 7.10. The van der Waals surface area contributed by atoms with Gasteiger partial charge in [-0.2, -0.15) is 0 Å². The molecule has 1 aliphatic carbocycles. The minimum Gasteiger partial charge on any atom is -0.478 e. The molecule has 1 fully saturated rings. The molecule has 3 rings (SSSR count). The van der Waals surface area contributed by atoms with Crippen molar-refractivity contribution >= 4 is 27.4 Å². The van der Waals surface area contributed by atoms with Crippen molar-refractivity contribution in [3.8, 4) is 0 Å². The topological polar surface area (TPSA) is 127 Å². The van der Waals surface area contributed by atoms with Gasteiger partial charge in [0.2, 0.25) is 5.76 Å². The molecule has 0 aliphatic heterocycles. The lowest BCUT2D eigenvalue weighted by Crippen LogP contribution is -2.13. The van der Waals surface area contributed by atoms with Crippen LogP contribution >= 0.6 is 0 Å². The first kappa shape index (κ1) is 16.2. The van der Waals surface area contributed by atoms with Crippen molar-refractivity contribution in [1.82, 2.24) is 5.16 Å². The lowest BCUT2D eigenvalue weighted by Gasteiger charge is -2.07. The van der Waals surface area contributed by atoms with Crippen LogP contribution in [-0.4, -0.2) is 36.8 Å². The third kappa shape index (κ3) is 3.46. The summed E-state index contributed by atoms with van der Waals surface area (Å²) in [5, 5.41) is 15.3. The van der Waals surface area contributed by atoms with E-state index in [1.165, 1.54) is 18.2 Å². The standard InChI is InChI=1S/C15H14N2O6S/c1-24(21,22)11-5-9(15(19)20)4-10(6-11)16-14(18)13-7-12(17-23-13)8-2-3-8/h4-8H,2-3H2,1H3,(H,16,18)(H,19,20). The molecule has 24 heavy (non-hydrogen) atoms. The smallest absolute Gasteiger partial charge is 0.335 e. The van der Waals surface area contributed by atoms with E-state index in [9.17, 15) is 18.0 Å². The largest absolute Gasteiger partial charge is 0.478 e. The normalized spacial score (nSPS) is 14.4. The van der Waals surface area contributed by atoms with Crippen LogP contribution in [0.4, 0.5) is 5.69 Å². The van der Waals surface area contributed by atoms with Crippen LogP contribution in [0.15, 0.2) is 33.7 Å². The van der Waals surface area contributed by atoms with Gasteiger partial charge in [0, 0.05) is 23.9 Å². The van der Waals surface area contributed by atoms with Crippen LogP contribution in [-0.2, 0) is 9.84 Å². The monoisotopic (exact) mass is 350 g/mol. The zero-order chi connectivity index (χ0) is 17.5. The molecule has 126 valence electrons. The van der Waals surface area contributed by atoms with E-state index in [1.54, 1.807) is 0 Å². The number of hydrogen-bond acceptors (Lipinski definition) is 6. The second-order valence-corrected chi connectivity index (χ2v) is 7.68. The number of nitrogens with zero attached hydrogens (tertiary/aromatic N) is 1. The molecule has 0 spiro atoms. The lowest BCUT2D eigenvalue weighted by atomic mass is 10.2. The molecular formula is C15H14N2O6S. The SMILES string of the molecule is CS(=O)(=O)c1cc(NC(=O)c2cc(C3CC3)no2)cc(C(=O)O)c1. The summed E-state index contributed by atoms with van der Waals surface area (Å²) in [5.41, 5.74) is 0.505. The number of amides is 1. The Morgan fingerprint density at radius 3 is 2.54 bits per heavy atom. The summed E-state index contributed by atoms with van der Waals surface area (Å²) < 4.78 is 28.3. The molecule has 8 nitrogen and oxygen atoms in total. The minimum atomic E-state index is -3.63. The summed E-state index contributed by atoms with van der Waals surface area (Å²) in [6.07, 6.45) is 2.97. The number of rotatable bonds is 5. The van der Waals surface area contributed by atoms with E-state index < -0.39 is 21.7 Å². The predicted molar refractivity (Wildman–Crippen MR) is 82.9 cm³/mol. The molecule has 0 atom stereocenters. The van der Waals surface area contributed by atoms with Gasteiger partial charge in [0.15, 0.2) is 9.84 Å². The Morgan fingerprint density at radius 2 is 1.96 bits per heavy atom. The van der Waals surface area contributed by atoms with E-state index in [4.69, 9.17) is 9.63 Å². The van der Waals surface area contributed by atoms with Crippen LogP contribution < -0.4 is 5.32 Å². The van der Waals surface area contributed by atoms with Crippen molar-refractivity contribution in [3.63, 3.8) is 0 Å². The highest BCUT2D eigenvalue weighted by Gasteiger charge is 2.28. The molecule has 1 saturated carbocycles. The Hall–Kier alpha value is -2.68. The minimum absolute atomic E-state index is 0.0152. The quantitative estimate of drug-likeness (QED) is 0.843. The Balaban J connectivity index is 1.88. The number of carboxylic acids is 1. The van der Waals surface area contributed by atoms with Gasteiger partial charge >= 0.3 is 5.97 Å². The number of carbonyl (C=O) groups excluding carboxylic acids is 1. The van der Waals surface area contributed by atoms with E-state index in [0.717, 1.165) is 25.2 Å². The predicted octanol–water partition coefficient (Wildman–Crippen LogP) is 1.91. The summed E-state index contributed by atoms with van der Waals surface area (Å²) in [4.78, 5) is 23.1. The van der Waals surface area contributed by atoms with Gasteiger partial charge in [0.1, 0.15) is 0 Å². The number of benzene rings is 1. The third-order valence-electron chi connectivity index (χ3n) is 3.59. The average molecular weight is 350 g/mol. The first-order chi connectivity index (χ1) is 11.2. The Kier molecular flexibility index (Phi) is 3.88. The van der Waals surface area contributed by atoms with Crippen LogP contribution in [0, 0.1) is 0 Å². The van der Waals surface area contributed by atoms with E-state index >= 15 is 0 Å². The highest BCUT2D eigenvalue weighted by Crippen LogP contribution is 2.39. The van der Waals surface area contributed by atoms with Crippen LogP contribution in [0.3, 0.4) is 0 Å². The number of aromatic nitrogens is 1. The highest BCUT2D eigenvalue weighted by atomic mass is 32.2. The van der Waals surface area contributed by atoms with E-state index in [2.05, 4.69) is 10.5 Å². The summed E-state index contributed by atoms with van der Waals surface area (Å²) in [7, 11) is -3.63. The third-order valence-corrected chi connectivity index (χ3v) is 4.68. The number of sulfone groups is 1. The molecule has 1 aliphatic rings. The second kappa shape index (κ2) is 5.75. The van der Waals surface area contributed by atoms with Gasteiger partial charge < -0.3 is 14.9 Å². The Labute approximate surface area is 137 Å². The molecule has 9 heteroatoms. The van der Waals surface area contributed by atoms with Crippen molar-refractivity contribution in [1.29, 1.82) is 0 Å². The molecule has 0 saturated heterocycles. The fourth-order valence-electron chi connectivity index (χ4n) is 2.17. The number of nitrogens with one attached hydrogen (secondary N) is 1. The molecule has 2 N–H and O–H groups in total. The summed E-state index contributed by atoms with van der Waals surface area (Å²) in [6, 6.07) is 4.93. The van der Waals surface area contributed by atoms with Crippen LogP contribution in [0.1, 0.15) is 45.4 Å². The van der Waals surface area contributed by atoms with Gasteiger partial charge in [0.25, 0.3) is 5.91 Å². The van der Waals surface area contributed by atoms with Gasteiger partial charge in [-0.1, -0.05) is 5.16 Å². The van der Waals surface area contributed by atoms with Gasteiger partial charge in [0.05, 0.1) is 16.2 Å². The van der Waals surface area contributed by atoms with E-state index in [0.29, 0.717) is 11.6 Å². The maximum atomic E-state index is 12.2. The number of hydrogen-bond donors (Lipinski definition) is 2. The van der Waals surface area contributed by atoms with Crippen molar-refractivity contribution in [2.45, 2.75) is 23.7 Å². The second-order valence-electron chi connectivity index (χ2n) is 5.67. The maximum Gasteiger partial charge on any atom is 0.335 e. The molecule has 0 bridgehead atoms. The number of anilines is 1. The first-order valence-corrected chi connectivity index (χ1v) is 8.99. The Morgan fingerprint density at radius 1 is 1.25 bits per heavy atom. The summed E-state index contributed by atoms with van der Waals surface area (Å²) in [5.74, 6) is -1.62. The molecule has 2 aromatic rings. The van der Waals surface area contributed by atoms with Gasteiger partial charge in [-0.25, -0.2) is 13.2 Å². The maximum absolute atomic E-state index is 12.2. The fourth-order valence-corrected chi connectivity index (χ4v) is 2.85. The number of carbonyl (C=O) groups is 2. The van der Waals surface area contributed by atoms with Crippen molar-refractivity contribution < 1.29 is 27.6 Å². The van der Waals surface area contributed by atoms with Crippen LogP contribution in [0.25, 0.3) is 0 Å². The van der Waals surface area contributed by atoms with Gasteiger partial charge in [-0.05, 0) is 31.0 Å². The van der Waals surface area contributed by atoms with E-state index in [1.807, 2.05) is 0 Å². The molecule has 1 heterocycles. The molecule has 1 aromatic heterocycles. The zero-order valence-corrected chi connectivity index (χ0v) is 13.5. The number of carboxylic acid groups (broad SMARTS) is 1. The zero-order valence-electron chi connectivity index (χ0n) is 12.6. The molecule has 1 amide bonds. The van der Waals surface area contributed by atoms with E-state index in [-0.39, 0.29) is 21.9 Å². The lowest BCUT2D eigenvalue weighted by molar-refractivity contribution is 0.0696. The van der Waals surface area contributed by atoms with Gasteiger partial charge in [-0.15, -0.1) is 0 Å². The number of aromatic carboxylic acids is 1. The van der Waals surface area contributed by atoms with Crippen molar-refractivity contribution in [2.75, 3.05) is 11.6 Å². The highest BCUT2D eigenvalue weighted by molar-refractivity contribution is 7.90. The molecule has 1 aromatic carbocycles. The van der Waals surface area contributed by atoms with Crippen LogP contribution in [0.5, 0.6) is 0 Å². The van der Waals surface area contributed by atoms with Crippen LogP contribution in [0.2, 0.25) is 0 Å².